The fourth-order valence-electron chi connectivity index (χ4n) is 3.10. The zero-order valence-corrected chi connectivity index (χ0v) is 20.7. The van der Waals surface area contributed by atoms with Crippen LogP contribution >= 0.6 is 15.9 Å². The van der Waals surface area contributed by atoms with E-state index in [2.05, 4.69) is 15.9 Å². The van der Waals surface area contributed by atoms with Gasteiger partial charge in [-0.2, -0.15) is 0 Å². The van der Waals surface area contributed by atoms with E-state index in [0.717, 1.165) is 30.8 Å². The first-order chi connectivity index (χ1) is 15.7. The second kappa shape index (κ2) is 13.2. The van der Waals surface area contributed by atoms with Gasteiger partial charge in [-0.05, 0) is 36.1 Å². The molecule has 0 saturated carbocycles. The van der Waals surface area contributed by atoms with Gasteiger partial charge < -0.3 is 19.4 Å². The van der Waals surface area contributed by atoms with Crippen molar-refractivity contribution in [3.8, 4) is 0 Å². The number of carboxylic acids is 1. The molecule has 0 unspecified atom stereocenters. The molecule has 7 nitrogen and oxygen atoms in total. The van der Waals surface area contributed by atoms with Crippen LogP contribution in [0.15, 0.2) is 59.5 Å². The number of sulfone groups is 1. The van der Waals surface area contributed by atoms with Gasteiger partial charge in [-0.1, -0.05) is 71.2 Å². The normalized spacial score (nSPS) is 12.1. The second-order valence-corrected chi connectivity index (χ2v) is 10.1. The Morgan fingerprint density at radius 1 is 0.879 bits per heavy atom. The first-order valence-corrected chi connectivity index (χ1v) is 13.4. The quantitative estimate of drug-likeness (QED) is 0.133. The van der Waals surface area contributed by atoms with E-state index in [0.29, 0.717) is 17.5 Å². The van der Waals surface area contributed by atoms with Crippen molar-refractivity contribution in [1.29, 1.82) is 0 Å². The lowest BCUT2D eigenvalue weighted by molar-refractivity contribution is -0.295. The van der Waals surface area contributed by atoms with Gasteiger partial charge in [-0.15, -0.1) is 0 Å². The van der Waals surface area contributed by atoms with Crippen molar-refractivity contribution in [2.75, 3.05) is 24.8 Å². The molecule has 0 aliphatic rings. The predicted octanol–water partition coefficient (Wildman–Crippen LogP) is 3.86. The maximum absolute atomic E-state index is 12.1. The standard InChI is InChI=1S/C24H27BrO7S/c1-33(29,30)20-13-11-18(12-14-20)21(22(23(26)27)19-9-5-4-6-10-19)17-32-24(28)31-16-8-3-2-7-15-25/h4-6,9-14H,2-3,7-8,15-17H2,1H3,(H,26,27)/p-1/b22-21+. The van der Waals surface area contributed by atoms with E-state index in [-0.39, 0.29) is 22.6 Å². The van der Waals surface area contributed by atoms with E-state index in [1.165, 1.54) is 24.3 Å². The minimum Gasteiger partial charge on any atom is -0.545 e. The number of carboxylic acid groups (broad SMARTS) is 1. The Morgan fingerprint density at radius 2 is 1.52 bits per heavy atom. The largest absolute Gasteiger partial charge is 0.545 e. The lowest BCUT2D eigenvalue weighted by Gasteiger charge is -2.18. The van der Waals surface area contributed by atoms with Gasteiger partial charge in [-0.25, -0.2) is 13.2 Å². The molecule has 0 radical (unpaired) electrons. The first kappa shape index (κ1) is 26.6. The zero-order valence-electron chi connectivity index (χ0n) is 18.3. The van der Waals surface area contributed by atoms with Crippen molar-refractivity contribution in [3.63, 3.8) is 0 Å². The van der Waals surface area contributed by atoms with Crippen LogP contribution in [0.2, 0.25) is 0 Å². The third-order valence-electron chi connectivity index (χ3n) is 4.78. The average Bonchev–Trinajstić information content (AvgIpc) is 2.78. The Bertz CT molecular complexity index is 1060. The van der Waals surface area contributed by atoms with Crippen molar-refractivity contribution in [1.82, 2.24) is 0 Å². The lowest BCUT2D eigenvalue weighted by Crippen LogP contribution is -2.25. The topological polar surface area (TPSA) is 110 Å². The van der Waals surface area contributed by atoms with Crippen LogP contribution in [0.25, 0.3) is 11.1 Å². The van der Waals surface area contributed by atoms with Crippen LogP contribution in [0.3, 0.4) is 0 Å². The number of ether oxygens (including phenoxy) is 2. The number of alkyl halides is 1. The highest BCUT2D eigenvalue weighted by molar-refractivity contribution is 9.09. The fourth-order valence-corrected chi connectivity index (χ4v) is 4.13. The minimum atomic E-state index is -3.43. The Morgan fingerprint density at radius 3 is 2.09 bits per heavy atom. The van der Waals surface area contributed by atoms with Crippen LogP contribution in [0.4, 0.5) is 4.79 Å². The van der Waals surface area contributed by atoms with Gasteiger partial charge >= 0.3 is 6.16 Å². The molecule has 0 N–H and O–H groups in total. The number of aliphatic carboxylic acids is 1. The lowest BCUT2D eigenvalue weighted by atomic mass is 9.95. The minimum absolute atomic E-state index is 0.0838. The van der Waals surface area contributed by atoms with Crippen LogP contribution in [-0.2, 0) is 24.1 Å². The van der Waals surface area contributed by atoms with Crippen LogP contribution in [-0.4, -0.2) is 45.3 Å². The van der Waals surface area contributed by atoms with Crippen LogP contribution < -0.4 is 5.11 Å². The van der Waals surface area contributed by atoms with E-state index >= 15 is 0 Å². The molecule has 33 heavy (non-hydrogen) atoms. The number of rotatable bonds is 12. The van der Waals surface area contributed by atoms with E-state index in [1.54, 1.807) is 30.3 Å². The van der Waals surface area contributed by atoms with Gasteiger partial charge in [0.15, 0.2) is 9.84 Å². The summed E-state index contributed by atoms with van der Waals surface area (Å²) in [6, 6.07) is 14.0. The molecule has 0 aliphatic heterocycles. The molecule has 178 valence electrons. The maximum atomic E-state index is 12.1. The second-order valence-electron chi connectivity index (χ2n) is 7.29. The van der Waals surface area contributed by atoms with Crippen molar-refractivity contribution in [2.45, 2.75) is 30.6 Å². The molecular formula is C24H26BrO7S-. The van der Waals surface area contributed by atoms with Gasteiger partial charge in [0, 0.05) is 22.7 Å². The van der Waals surface area contributed by atoms with Crippen molar-refractivity contribution < 1.29 is 32.6 Å². The Hall–Kier alpha value is -2.65. The third-order valence-corrected chi connectivity index (χ3v) is 6.47. The molecule has 0 heterocycles. The van der Waals surface area contributed by atoms with Gasteiger partial charge in [0.25, 0.3) is 0 Å². The highest BCUT2D eigenvalue weighted by atomic mass is 79.9. The number of carbonyl (C=O) groups excluding carboxylic acids is 2. The number of hydrogen-bond acceptors (Lipinski definition) is 7. The molecule has 0 spiro atoms. The molecule has 9 heteroatoms. The summed E-state index contributed by atoms with van der Waals surface area (Å²) >= 11 is 3.36. The number of benzene rings is 2. The van der Waals surface area contributed by atoms with Crippen molar-refractivity contribution >= 4 is 49.0 Å². The van der Waals surface area contributed by atoms with E-state index in [9.17, 15) is 23.1 Å². The Labute approximate surface area is 202 Å². The Kier molecular flexibility index (Phi) is 10.6. The monoisotopic (exact) mass is 537 g/mol. The highest BCUT2D eigenvalue weighted by Crippen LogP contribution is 2.28. The summed E-state index contributed by atoms with van der Waals surface area (Å²) in [5.41, 5.74) is 0.747. The van der Waals surface area contributed by atoms with E-state index < -0.39 is 28.6 Å². The first-order valence-electron chi connectivity index (χ1n) is 10.4. The molecular weight excluding hydrogens is 512 g/mol. The number of hydrogen-bond donors (Lipinski definition) is 0. The van der Waals surface area contributed by atoms with Crippen molar-refractivity contribution in [2.24, 2.45) is 0 Å². The van der Waals surface area contributed by atoms with E-state index in [4.69, 9.17) is 9.47 Å². The molecule has 0 aliphatic carbocycles. The molecule has 0 bridgehead atoms. The van der Waals surface area contributed by atoms with Crippen molar-refractivity contribution in [3.05, 3.63) is 65.7 Å². The number of halogens is 1. The smallest absolute Gasteiger partial charge is 0.508 e. The molecule has 0 fully saturated rings. The summed E-state index contributed by atoms with van der Waals surface area (Å²) < 4.78 is 33.8. The van der Waals surface area contributed by atoms with Crippen LogP contribution in [0.1, 0.15) is 36.8 Å². The summed E-state index contributed by atoms with van der Waals surface area (Å²) in [5, 5.41) is 13.0. The summed E-state index contributed by atoms with van der Waals surface area (Å²) in [5.74, 6) is -1.45. The average molecular weight is 538 g/mol. The highest BCUT2D eigenvalue weighted by Gasteiger charge is 2.17. The van der Waals surface area contributed by atoms with Crippen LogP contribution in [0.5, 0.6) is 0 Å². The van der Waals surface area contributed by atoms with Gasteiger partial charge in [0.2, 0.25) is 0 Å². The Balaban J connectivity index is 2.26. The fraction of sp³-hybridized carbons (Fsp3) is 0.333. The third kappa shape index (κ3) is 8.66. The molecule has 0 saturated heterocycles. The summed E-state index contributed by atoms with van der Waals surface area (Å²) in [7, 11) is -3.43. The summed E-state index contributed by atoms with van der Waals surface area (Å²) in [6.45, 7) is -0.186. The summed E-state index contributed by atoms with van der Waals surface area (Å²) in [6.07, 6.45) is 3.85. The molecule has 0 aromatic heterocycles. The van der Waals surface area contributed by atoms with Crippen LogP contribution in [0, 0.1) is 0 Å². The zero-order chi connectivity index (χ0) is 24.3. The number of unbranched alkanes of at least 4 members (excludes halogenated alkanes) is 3. The maximum Gasteiger partial charge on any atom is 0.508 e. The van der Waals surface area contributed by atoms with Gasteiger partial charge in [-0.3, -0.25) is 0 Å². The SMILES string of the molecule is CS(=O)(=O)c1ccc(/C(COC(=O)OCCCCCCBr)=C(/C(=O)[O-])c2ccccc2)cc1. The molecule has 2 aromatic rings. The predicted molar refractivity (Wildman–Crippen MR) is 127 cm³/mol. The number of carbonyl (C=O) groups is 2. The van der Waals surface area contributed by atoms with Gasteiger partial charge in [0.1, 0.15) is 6.61 Å². The molecule has 2 aromatic carbocycles. The van der Waals surface area contributed by atoms with Gasteiger partial charge in [0.05, 0.1) is 17.5 Å². The van der Waals surface area contributed by atoms with E-state index in [1.807, 2.05) is 0 Å². The molecule has 0 amide bonds. The molecule has 2 rings (SSSR count). The molecule has 0 atom stereocenters. The summed E-state index contributed by atoms with van der Waals surface area (Å²) in [4.78, 5) is 24.2.